The lowest BCUT2D eigenvalue weighted by Gasteiger charge is -2.17. The molecule has 7 nitrogen and oxygen atoms in total. The molecule has 0 atom stereocenters. The minimum Gasteiger partial charge on any atom is -0.332 e. The summed E-state index contributed by atoms with van der Waals surface area (Å²) in [5, 5.41) is 11.0. The Hall–Kier alpha value is -1.77. The number of rotatable bonds is 3. The van der Waals surface area contributed by atoms with Gasteiger partial charge in [-0.15, -0.1) is 23.7 Å². The van der Waals surface area contributed by atoms with Crippen LogP contribution in [0.1, 0.15) is 31.5 Å². The highest BCUT2D eigenvalue weighted by atomic mass is 35.5. The first-order chi connectivity index (χ1) is 10.6. The summed E-state index contributed by atoms with van der Waals surface area (Å²) in [6, 6.07) is 0. The average molecular weight is 353 g/mol. The van der Waals surface area contributed by atoms with Crippen LogP contribution in [0.25, 0.3) is 22.2 Å². The third kappa shape index (κ3) is 2.89. The van der Waals surface area contributed by atoms with Gasteiger partial charge in [-0.2, -0.15) is 10.1 Å². The molecule has 0 saturated heterocycles. The third-order valence-corrected chi connectivity index (χ3v) is 4.93. The van der Waals surface area contributed by atoms with E-state index in [0.29, 0.717) is 17.4 Å². The Kier molecular flexibility index (Phi) is 4.22. The maximum atomic E-state index is 6.36. The van der Waals surface area contributed by atoms with Crippen LogP contribution in [0.15, 0.2) is 22.3 Å². The average Bonchev–Trinajstić information content (AvgIpc) is 3.25. The molecular formula is C14H17ClN6OS. The van der Waals surface area contributed by atoms with Crippen LogP contribution >= 0.6 is 23.7 Å². The summed E-state index contributed by atoms with van der Waals surface area (Å²) in [4.78, 5) is 9.02. The smallest absolute Gasteiger partial charge is 0.277 e. The van der Waals surface area contributed by atoms with E-state index in [4.69, 9.17) is 10.3 Å². The van der Waals surface area contributed by atoms with Crippen molar-refractivity contribution in [3.63, 3.8) is 0 Å². The highest BCUT2D eigenvalue weighted by Gasteiger charge is 2.36. The fraction of sp³-hybridized carbons (Fsp3) is 0.429. The fourth-order valence-electron chi connectivity index (χ4n) is 2.80. The number of nitrogens with zero attached hydrogens (tertiary/aromatic N) is 5. The molecule has 0 unspecified atom stereocenters. The molecule has 0 aliphatic heterocycles. The van der Waals surface area contributed by atoms with Crippen LogP contribution in [0.4, 0.5) is 0 Å². The van der Waals surface area contributed by atoms with Gasteiger partial charge in [0.15, 0.2) is 5.82 Å². The molecule has 4 rings (SSSR count). The highest BCUT2D eigenvalue weighted by molar-refractivity contribution is 7.13. The van der Waals surface area contributed by atoms with Crippen molar-refractivity contribution in [1.29, 1.82) is 0 Å². The number of aromatic nitrogens is 5. The van der Waals surface area contributed by atoms with Crippen molar-refractivity contribution in [2.24, 2.45) is 12.8 Å². The minimum atomic E-state index is -0.441. The summed E-state index contributed by atoms with van der Waals surface area (Å²) in [5.41, 5.74) is 7.58. The Bertz CT molecular complexity index is 804. The molecule has 1 fully saturated rings. The summed E-state index contributed by atoms with van der Waals surface area (Å²) in [6.07, 6.45) is 7.75. The second-order valence-corrected chi connectivity index (χ2v) is 6.59. The van der Waals surface area contributed by atoms with Crippen LogP contribution in [-0.4, -0.2) is 24.9 Å². The Balaban J connectivity index is 0.00000156. The summed E-state index contributed by atoms with van der Waals surface area (Å²) in [6.45, 7) is 0. The fourth-order valence-corrected chi connectivity index (χ4v) is 3.56. The molecule has 9 heteroatoms. The molecule has 2 N–H and O–H groups in total. The molecule has 3 aromatic heterocycles. The molecule has 0 amide bonds. The second-order valence-electron chi connectivity index (χ2n) is 5.73. The first-order valence-electron chi connectivity index (χ1n) is 7.22. The lowest BCUT2D eigenvalue weighted by atomic mass is 9.99. The van der Waals surface area contributed by atoms with Crippen molar-refractivity contribution in [3.05, 3.63) is 23.6 Å². The first-order valence-corrected chi connectivity index (χ1v) is 8.10. The molecule has 3 heterocycles. The summed E-state index contributed by atoms with van der Waals surface area (Å²) in [5.74, 6) is 1.02. The summed E-state index contributed by atoms with van der Waals surface area (Å²) < 4.78 is 7.11. The van der Waals surface area contributed by atoms with Crippen LogP contribution < -0.4 is 5.73 Å². The van der Waals surface area contributed by atoms with Crippen LogP contribution in [0.3, 0.4) is 0 Å². The zero-order chi connectivity index (χ0) is 15.2. The van der Waals surface area contributed by atoms with Crippen molar-refractivity contribution in [1.82, 2.24) is 24.9 Å². The molecule has 0 radical (unpaired) electrons. The number of hydrogen-bond acceptors (Lipinski definition) is 7. The third-order valence-electron chi connectivity index (χ3n) is 4.04. The van der Waals surface area contributed by atoms with Gasteiger partial charge in [0.1, 0.15) is 10.7 Å². The van der Waals surface area contributed by atoms with Gasteiger partial charge < -0.3 is 10.3 Å². The van der Waals surface area contributed by atoms with Gasteiger partial charge in [-0.1, -0.05) is 18.0 Å². The van der Waals surface area contributed by atoms with E-state index in [1.54, 1.807) is 10.9 Å². The first kappa shape index (κ1) is 16.1. The summed E-state index contributed by atoms with van der Waals surface area (Å²) in [7, 11) is 1.88. The number of halogens is 1. The zero-order valence-electron chi connectivity index (χ0n) is 12.6. The Morgan fingerprint density at radius 2 is 2.09 bits per heavy atom. The van der Waals surface area contributed by atoms with Crippen LogP contribution in [0, 0.1) is 0 Å². The second kappa shape index (κ2) is 6.03. The van der Waals surface area contributed by atoms with E-state index in [1.165, 1.54) is 11.3 Å². The van der Waals surface area contributed by atoms with Gasteiger partial charge in [-0.05, 0) is 12.8 Å². The predicted octanol–water partition coefficient (Wildman–Crippen LogP) is 2.74. The molecule has 3 aromatic rings. The minimum absolute atomic E-state index is 0. The van der Waals surface area contributed by atoms with Crippen LogP contribution in [0.5, 0.6) is 0 Å². The van der Waals surface area contributed by atoms with Crippen LogP contribution in [0.2, 0.25) is 0 Å². The topological polar surface area (TPSA) is 95.7 Å². The Morgan fingerprint density at radius 3 is 2.78 bits per heavy atom. The van der Waals surface area contributed by atoms with Gasteiger partial charge >= 0.3 is 0 Å². The summed E-state index contributed by atoms with van der Waals surface area (Å²) >= 11 is 1.53. The molecule has 0 spiro atoms. The lowest BCUT2D eigenvalue weighted by Crippen LogP contribution is -2.34. The zero-order valence-corrected chi connectivity index (χ0v) is 14.2. The largest absolute Gasteiger partial charge is 0.332 e. The highest BCUT2D eigenvalue weighted by Crippen LogP contribution is 2.36. The van der Waals surface area contributed by atoms with E-state index >= 15 is 0 Å². The van der Waals surface area contributed by atoms with E-state index < -0.39 is 5.54 Å². The van der Waals surface area contributed by atoms with Crippen molar-refractivity contribution in [2.75, 3.05) is 0 Å². The predicted molar refractivity (Wildman–Crippen MR) is 89.2 cm³/mol. The number of aryl methyl sites for hydroxylation is 1. The quantitative estimate of drug-likeness (QED) is 0.778. The van der Waals surface area contributed by atoms with E-state index in [0.717, 1.165) is 36.3 Å². The molecule has 1 aliphatic carbocycles. The van der Waals surface area contributed by atoms with Crippen molar-refractivity contribution in [3.8, 4) is 22.2 Å². The van der Waals surface area contributed by atoms with E-state index in [1.807, 2.05) is 18.6 Å². The molecule has 1 aliphatic rings. The van der Waals surface area contributed by atoms with Gasteiger partial charge in [0.25, 0.3) is 5.89 Å². The molecule has 23 heavy (non-hydrogen) atoms. The van der Waals surface area contributed by atoms with Gasteiger partial charge in [0.05, 0.1) is 11.7 Å². The van der Waals surface area contributed by atoms with E-state index in [-0.39, 0.29) is 12.4 Å². The van der Waals surface area contributed by atoms with Gasteiger partial charge in [0, 0.05) is 24.2 Å². The van der Waals surface area contributed by atoms with Crippen molar-refractivity contribution < 1.29 is 4.52 Å². The molecule has 0 bridgehead atoms. The maximum Gasteiger partial charge on any atom is 0.277 e. The molecule has 122 valence electrons. The molecular weight excluding hydrogens is 336 g/mol. The maximum absolute atomic E-state index is 6.36. The monoisotopic (exact) mass is 352 g/mol. The molecule has 0 aromatic carbocycles. The number of nitrogens with two attached hydrogens (primary N) is 1. The van der Waals surface area contributed by atoms with Crippen molar-refractivity contribution in [2.45, 2.75) is 31.2 Å². The molecule has 1 saturated carbocycles. The lowest BCUT2D eigenvalue weighted by molar-refractivity contribution is 0.372. The Labute approximate surface area is 143 Å². The normalized spacial score (nSPS) is 16.4. The van der Waals surface area contributed by atoms with Gasteiger partial charge in [0.2, 0.25) is 0 Å². The number of hydrogen-bond donors (Lipinski definition) is 1. The van der Waals surface area contributed by atoms with E-state index in [9.17, 15) is 0 Å². The van der Waals surface area contributed by atoms with Gasteiger partial charge in [-0.25, -0.2) is 4.98 Å². The SMILES string of the molecule is Cl.Cn1cc(-c2nc(-c3nc(C4(N)CCCC4)no3)cs2)cn1. The number of thiazole rings is 1. The standard InChI is InChI=1S/C14H16N6OS.ClH/c1-20-7-9(6-16-20)12-17-10(8-22-12)11-18-13(19-21-11)14(15)4-2-3-5-14;/h6-8H,2-5,15H2,1H3;1H. The van der Waals surface area contributed by atoms with Crippen molar-refractivity contribution >= 4 is 23.7 Å². The van der Waals surface area contributed by atoms with Crippen LogP contribution in [-0.2, 0) is 12.6 Å². The Morgan fingerprint density at radius 1 is 1.30 bits per heavy atom. The van der Waals surface area contributed by atoms with E-state index in [2.05, 4.69) is 20.2 Å². The van der Waals surface area contributed by atoms with Gasteiger partial charge in [-0.3, -0.25) is 4.68 Å².